The number of aliphatic hydroxyl groups is 1. The number of nitrogens with one attached hydrogen (secondary N) is 2. The number of benzene rings is 1. The van der Waals surface area contributed by atoms with Crippen LogP contribution in [0.15, 0.2) is 24.3 Å². The Hall–Kier alpha value is -1.43. The fourth-order valence-corrected chi connectivity index (χ4v) is 3.54. The zero-order valence-corrected chi connectivity index (χ0v) is 14.2. The number of β-amino-alcohol motifs (C(OH)–C–C–N with tert-alkyl or cyclic N) is 1. The van der Waals surface area contributed by atoms with Crippen molar-refractivity contribution in [1.29, 1.82) is 0 Å². The van der Waals surface area contributed by atoms with Gasteiger partial charge in [-0.05, 0) is 24.0 Å². The third kappa shape index (κ3) is 5.03. The van der Waals surface area contributed by atoms with E-state index in [2.05, 4.69) is 22.8 Å². The summed E-state index contributed by atoms with van der Waals surface area (Å²) in [7, 11) is 0. The summed E-state index contributed by atoms with van der Waals surface area (Å²) < 4.78 is 5.95. The van der Waals surface area contributed by atoms with Gasteiger partial charge in [0, 0.05) is 32.0 Å². The summed E-state index contributed by atoms with van der Waals surface area (Å²) in [6, 6.07) is 8.20. The molecule has 3 rings (SSSR count). The van der Waals surface area contributed by atoms with Gasteiger partial charge in [-0.25, -0.2) is 0 Å². The van der Waals surface area contributed by atoms with E-state index < -0.39 is 6.10 Å². The maximum atomic E-state index is 12.0. The first-order valence-electron chi connectivity index (χ1n) is 9.05. The topological polar surface area (TPSA) is 70.6 Å². The van der Waals surface area contributed by atoms with E-state index in [1.807, 2.05) is 12.1 Å². The molecule has 1 saturated carbocycles. The summed E-state index contributed by atoms with van der Waals surface area (Å²) in [5.41, 5.74) is 2.24. The van der Waals surface area contributed by atoms with Crippen molar-refractivity contribution >= 4 is 5.91 Å². The minimum absolute atomic E-state index is 0.00430. The van der Waals surface area contributed by atoms with Crippen molar-refractivity contribution in [2.75, 3.05) is 13.1 Å². The van der Waals surface area contributed by atoms with Gasteiger partial charge in [0.05, 0.1) is 18.8 Å². The summed E-state index contributed by atoms with van der Waals surface area (Å²) in [5, 5.41) is 15.8. The number of rotatable bonds is 7. The van der Waals surface area contributed by atoms with E-state index in [-0.39, 0.29) is 11.8 Å². The van der Waals surface area contributed by atoms with E-state index in [0.717, 1.165) is 11.1 Å². The van der Waals surface area contributed by atoms with Crippen LogP contribution in [0, 0.1) is 5.92 Å². The Morgan fingerprint density at radius 2 is 2.04 bits per heavy atom. The number of carbonyl (C=O) groups excluding carboxylic acids is 1. The quantitative estimate of drug-likeness (QED) is 0.711. The average Bonchev–Trinajstić information content (AvgIpc) is 3.24. The molecule has 3 N–H and O–H groups in total. The van der Waals surface area contributed by atoms with Gasteiger partial charge in [0.2, 0.25) is 5.91 Å². The van der Waals surface area contributed by atoms with Gasteiger partial charge in [-0.15, -0.1) is 0 Å². The van der Waals surface area contributed by atoms with Crippen molar-refractivity contribution in [2.45, 2.75) is 57.5 Å². The second-order valence-corrected chi connectivity index (χ2v) is 7.00. The number of aliphatic hydroxyl groups excluding tert-OH is 1. The van der Waals surface area contributed by atoms with Gasteiger partial charge in [-0.2, -0.15) is 0 Å². The lowest BCUT2D eigenvalue weighted by Gasteiger charge is -2.14. The zero-order valence-electron chi connectivity index (χ0n) is 14.2. The number of carbonyl (C=O) groups is 1. The van der Waals surface area contributed by atoms with E-state index in [4.69, 9.17) is 4.74 Å². The first kappa shape index (κ1) is 17.4. The van der Waals surface area contributed by atoms with Crippen molar-refractivity contribution in [2.24, 2.45) is 5.92 Å². The molecule has 2 atom stereocenters. The van der Waals surface area contributed by atoms with Crippen LogP contribution in [0.4, 0.5) is 0 Å². The smallest absolute Gasteiger partial charge is 0.220 e. The van der Waals surface area contributed by atoms with Gasteiger partial charge in [0.25, 0.3) is 0 Å². The number of ether oxygens (including phenoxy) is 1. The lowest BCUT2D eigenvalue weighted by molar-refractivity contribution is -0.122. The van der Waals surface area contributed by atoms with Crippen molar-refractivity contribution in [3.8, 4) is 0 Å². The van der Waals surface area contributed by atoms with Crippen LogP contribution in [-0.2, 0) is 22.7 Å². The summed E-state index contributed by atoms with van der Waals surface area (Å²) in [4.78, 5) is 12.0. The molecule has 0 aromatic heterocycles. The Morgan fingerprint density at radius 1 is 1.25 bits per heavy atom. The Labute approximate surface area is 143 Å². The number of hydrogen-bond donors (Lipinski definition) is 3. The molecule has 5 nitrogen and oxygen atoms in total. The average molecular weight is 332 g/mol. The second-order valence-electron chi connectivity index (χ2n) is 7.00. The normalized spacial score (nSPS) is 24.4. The van der Waals surface area contributed by atoms with E-state index in [1.165, 1.54) is 25.7 Å². The van der Waals surface area contributed by atoms with Gasteiger partial charge >= 0.3 is 0 Å². The first-order chi connectivity index (χ1) is 11.7. The maximum absolute atomic E-state index is 12.0. The maximum Gasteiger partial charge on any atom is 0.220 e. The van der Waals surface area contributed by atoms with Crippen LogP contribution < -0.4 is 10.6 Å². The van der Waals surface area contributed by atoms with Crippen molar-refractivity contribution in [1.82, 2.24) is 10.6 Å². The SMILES string of the molecule is O=C(C[C@@H]1CNC[C@H]1O)NCc1cccc(COC2CCCC2)c1. The van der Waals surface area contributed by atoms with E-state index in [0.29, 0.717) is 38.8 Å². The summed E-state index contributed by atoms with van der Waals surface area (Å²) in [6.45, 7) is 2.46. The van der Waals surface area contributed by atoms with E-state index >= 15 is 0 Å². The highest BCUT2D eigenvalue weighted by Crippen LogP contribution is 2.22. The molecule has 2 fully saturated rings. The van der Waals surface area contributed by atoms with Gasteiger partial charge in [0.1, 0.15) is 0 Å². The zero-order chi connectivity index (χ0) is 16.8. The fraction of sp³-hybridized carbons (Fsp3) is 0.632. The highest BCUT2D eigenvalue weighted by molar-refractivity contribution is 5.76. The molecule has 0 spiro atoms. The predicted molar refractivity (Wildman–Crippen MR) is 92.3 cm³/mol. The molecule has 1 heterocycles. The van der Waals surface area contributed by atoms with Crippen LogP contribution in [0.3, 0.4) is 0 Å². The van der Waals surface area contributed by atoms with Crippen molar-refractivity contribution < 1.29 is 14.6 Å². The number of amides is 1. The molecule has 1 aliphatic heterocycles. The van der Waals surface area contributed by atoms with Crippen molar-refractivity contribution in [3.63, 3.8) is 0 Å². The summed E-state index contributed by atoms with van der Waals surface area (Å²) >= 11 is 0. The van der Waals surface area contributed by atoms with Crippen LogP contribution in [0.25, 0.3) is 0 Å². The second kappa shape index (κ2) is 8.60. The Morgan fingerprint density at radius 3 is 2.79 bits per heavy atom. The monoisotopic (exact) mass is 332 g/mol. The number of hydrogen-bond acceptors (Lipinski definition) is 4. The highest BCUT2D eigenvalue weighted by Gasteiger charge is 2.26. The predicted octanol–water partition coefficient (Wildman–Crippen LogP) is 1.73. The summed E-state index contributed by atoms with van der Waals surface area (Å²) in [6.07, 6.45) is 5.30. The fourth-order valence-electron chi connectivity index (χ4n) is 3.54. The lowest BCUT2D eigenvalue weighted by Crippen LogP contribution is -2.29. The third-order valence-corrected chi connectivity index (χ3v) is 5.02. The van der Waals surface area contributed by atoms with Crippen LogP contribution >= 0.6 is 0 Å². The molecule has 0 radical (unpaired) electrons. The molecule has 0 unspecified atom stereocenters. The van der Waals surface area contributed by atoms with Gasteiger partial charge in [0.15, 0.2) is 0 Å². The van der Waals surface area contributed by atoms with Gasteiger partial charge in [-0.1, -0.05) is 37.1 Å². The van der Waals surface area contributed by atoms with Gasteiger partial charge < -0.3 is 20.5 Å². The highest BCUT2D eigenvalue weighted by atomic mass is 16.5. The molecule has 1 aliphatic carbocycles. The molecule has 24 heavy (non-hydrogen) atoms. The molecule has 132 valence electrons. The van der Waals surface area contributed by atoms with Crippen LogP contribution in [0.2, 0.25) is 0 Å². The Bertz CT molecular complexity index is 543. The van der Waals surface area contributed by atoms with Crippen molar-refractivity contribution in [3.05, 3.63) is 35.4 Å². The molecular weight excluding hydrogens is 304 g/mol. The largest absolute Gasteiger partial charge is 0.391 e. The Balaban J connectivity index is 1.42. The Kier molecular flexibility index (Phi) is 6.24. The minimum atomic E-state index is -0.410. The lowest BCUT2D eigenvalue weighted by atomic mass is 10.0. The first-order valence-corrected chi connectivity index (χ1v) is 9.05. The van der Waals surface area contributed by atoms with Crippen LogP contribution in [-0.4, -0.2) is 36.3 Å². The molecule has 1 amide bonds. The molecule has 0 bridgehead atoms. The third-order valence-electron chi connectivity index (χ3n) is 5.02. The molecule has 1 saturated heterocycles. The van der Waals surface area contributed by atoms with Crippen LogP contribution in [0.5, 0.6) is 0 Å². The molecule has 1 aromatic carbocycles. The van der Waals surface area contributed by atoms with Crippen LogP contribution in [0.1, 0.15) is 43.2 Å². The standard InChI is InChI=1S/C19H28N2O3/c22-18-12-20-11-16(18)9-19(23)21-10-14-4-3-5-15(8-14)13-24-17-6-1-2-7-17/h3-5,8,16-18,20,22H,1-2,6-7,9-13H2,(H,21,23)/t16-,18-/m1/s1. The molecule has 1 aromatic rings. The molecular formula is C19H28N2O3. The van der Waals surface area contributed by atoms with Gasteiger partial charge in [-0.3, -0.25) is 4.79 Å². The summed E-state index contributed by atoms with van der Waals surface area (Å²) in [5.74, 6) is 0.0199. The molecule has 5 heteroatoms. The van der Waals surface area contributed by atoms with E-state index in [9.17, 15) is 9.90 Å². The molecule has 2 aliphatic rings. The van der Waals surface area contributed by atoms with E-state index in [1.54, 1.807) is 0 Å². The minimum Gasteiger partial charge on any atom is -0.391 e.